The van der Waals surface area contributed by atoms with Crippen molar-refractivity contribution in [2.24, 2.45) is 10.2 Å². The second kappa shape index (κ2) is 14.9. The maximum Gasteiger partial charge on any atom is 0.268 e. The zero-order chi connectivity index (χ0) is 43.0. The van der Waals surface area contributed by atoms with E-state index in [4.69, 9.17) is 4.98 Å². The molecule has 0 radical (unpaired) electrons. The number of imide groups is 2. The molecule has 1 spiro atoms. The summed E-state index contributed by atoms with van der Waals surface area (Å²) in [6.07, 6.45) is 10.2. The van der Waals surface area contributed by atoms with E-state index in [-0.39, 0.29) is 41.3 Å². The molecule has 1 atom stereocenters. The quantitative estimate of drug-likeness (QED) is 0.203. The number of azo groups is 1. The van der Waals surface area contributed by atoms with Crippen LogP contribution in [0.25, 0.3) is 11.0 Å². The van der Waals surface area contributed by atoms with Crippen molar-refractivity contribution in [3.8, 4) is 0 Å². The smallest absolute Gasteiger partial charge is 0.268 e. The molecule has 11 rings (SSSR count). The fraction of sp³-hybridized carbons (Fsp3) is 0.356. The Morgan fingerprint density at radius 1 is 0.778 bits per heavy atom. The lowest BCUT2D eigenvalue weighted by atomic mass is 9.80. The number of anilines is 3. The third-order valence-electron chi connectivity index (χ3n) is 13.4. The summed E-state index contributed by atoms with van der Waals surface area (Å²) in [5.74, 6) is -1.47. The van der Waals surface area contributed by atoms with Crippen molar-refractivity contribution in [1.82, 2.24) is 40.0 Å². The molecule has 318 valence electrons. The van der Waals surface area contributed by atoms with E-state index in [1.165, 1.54) is 12.5 Å². The first-order valence-electron chi connectivity index (χ1n) is 21.5. The molecule has 0 bridgehead atoms. The van der Waals surface area contributed by atoms with Gasteiger partial charge in [0, 0.05) is 56.3 Å². The van der Waals surface area contributed by atoms with Crippen LogP contribution in [-0.2, 0) is 28.0 Å². The van der Waals surface area contributed by atoms with Gasteiger partial charge in [-0.1, -0.05) is 25.3 Å². The van der Waals surface area contributed by atoms with Gasteiger partial charge in [-0.25, -0.2) is 9.97 Å². The van der Waals surface area contributed by atoms with E-state index in [9.17, 15) is 28.8 Å². The second-order valence-corrected chi connectivity index (χ2v) is 17.1. The predicted molar refractivity (Wildman–Crippen MR) is 228 cm³/mol. The first kappa shape index (κ1) is 38.5. The molecule has 5 aromatic rings. The Labute approximate surface area is 360 Å². The third-order valence-corrected chi connectivity index (χ3v) is 13.4. The summed E-state index contributed by atoms with van der Waals surface area (Å²) in [4.78, 5) is 96.8. The lowest BCUT2D eigenvalue weighted by molar-refractivity contribution is -0.136. The average Bonchev–Trinajstić information content (AvgIpc) is 3.80. The van der Waals surface area contributed by atoms with Crippen molar-refractivity contribution in [2.45, 2.75) is 69.4 Å². The summed E-state index contributed by atoms with van der Waals surface area (Å²) in [7, 11) is 0. The molecule has 3 fully saturated rings. The third kappa shape index (κ3) is 6.58. The van der Waals surface area contributed by atoms with Crippen LogP contribution in [0, 0.1) is 0 Å². The van der Waals surface area contributed by atoms with Gasteiger partial charge in [0.05, 0.1) is 39.9 Å². The molecule has 2 aromatic carbocycles. The maximum atomic E-state index is 13.8. The van der Waals surface area contributed by atoms with Crippen LogP contribution in [0.2, 0.25) is 0 Å². The van der Waals surface area contributed by atoms with Crippen LogP contribution in [0.3, 0.4) is 0 Å². The highest BCUT2D eigenvalue weighted by atomic mass is 16.2. The largest absolute Gasteiger partial charge is 0.367 e. The van der Waals surface area contributed by atoms with Gasteiger partial charge in [0.2, 0.25) is 17.8 Å². The number of amides is 6. The van der Waals surface area contributed by atoms with Crippen LogP contribution in [0.1, 0.15) is 97.6 Å². The maximum absolute atomic E-state index is 13.8. The number of nitrogens with one attached hydrogen (secondary N) is 3. The van der Waals surface area contributed by atoms with Crippen LogP contribution in [0.15, 0.2) is 71.2 Å². The summed E-state index contributed by atoms with van der Waals surface area (Å²) < 4.78 is 2.15. The number of pyridine rings is 1. The van der Waals surface area contributed by atoms with Crippen molar-refractivity contribution in [3.05, 3.63) is 94.4 Å². The summed E-state index contributed by atoms with van der Waals surface area (Å²) in [6, 6.07) is 13.3. The SMILES string of the molecule is O=C1CCC(N2C(=O)c3cc4c(cc3C2=O)N=Nc2cc(C(=O)N3CCN(c5ccc(Nc6ncc7cc8n(c7n6)C6(CCCCC6)CNC8=O)nc5)CC3)ccc2CC4)C(=O)N1. The van der Waals surface area contributed by atoms with E-state index in [0.717, 1.165) is 58.4 Å². The first-order valence-corrected chi connectivity index (χ1v) is 21.5. The topological polar surface area (TPSA) is 217 Å². The Kier molecular flexibility index (Phi) is 9.13. The minimum absolute atomic E-state index is 0.0383. The second-order valence-electron chi connectivity index (χ2n) is 17.1. The minimum Gasteiger partial charge on any atom is -0.367 e. The number of rotatable bonds is 5. The fourth-order valence-corrected chi connectivity index (χ4v) is 10.1. The van der Waals surface area contributed by atoms with Crippen molar-refractivity contribution in [1.29, 1.82) is 0 Å². The number of benzene rings is 2. The molecule has 2 saturated heterocycles. The number of piperidine rings is 1. The van der Waals surface area contributed by atoms with Crippen LogP contribution >= 0.6 is 0 Å². The monoisotopic (exact) mass is 846 g/mol. The molecule has 8 heterocycles. The van der Waals surface area contributed by atoms with Crippen molar-refractivity contribution in [2.75, 3.05) is 42.9 Å². The summed E-state index contributed by atoms with van der Waals surface area (Å²) >= 11 is 0. The van der Waals surface area contributed by atoms with Gasteiger partial charge in [0.15, 0.2) is 0 Å². The highest BCUT2D eigenvalue weighted by molar-refractivity contribution is 6.24. The predicted octanol–water partition coefficient (Wildman–Crippen LogP) is 4.85. The highest BCUT2D eigenvalue weighted by Gasteiger charge is 2.45. The molecule has 6 amide bonds. The van der Waals surface area contributed by atoms with Crippen LogP contribution in [-0.4, -0.2) is 104 Å². The number of aromatic nitrogens is 4. The Morgan fingerprint density at radius 3 is 2.30 bits per heavy atom. The summed E-state index contributed by atoms with van der Waals surface area (Å²) in [5, 5.41) is 18.4. The molecule has 6 aliphatic rings. The Morgan fingerprint density at radius 2 is 1.54 bits per heavy atom. The molecule has 1 aliphatic carbocycles. The van der Waals surface area contributed by atoms with E-state index in [0.29, 0.717) is 80.0 Å². The number of carbonyl (C=O) groups is 6. The molecule has 18 nitrogen and oxygen atoms in total. The van der Waals surface area contributed by atoms with Gasteiger partial charge < -0.3 is 25.0 Å². The number of hydrogen-bond donors (Lipinski definition) is 3. The number of hydrogen-bond acceptors (Lipinski definition) is 13. The summed E-state index contributed by atoms with van der Waals surface area (Å²) in [5.41, 5.74) is 5.59. The standard InChI is InChI=1S/C45H42N12O6/c58-37-11-9-34(40(60)50-37)56-42(62)30-18-26-6-4-25-5-7-27(19-32(25)52-53-33(26)21-31(30)43(56)63)41(61)55-16-14-54(15-17-55)29-8-10-36(46-23-29)49-44-47-22-28-20-35-39(59)48-24-45(12-2-1-3-13-45)57(35)38(28)51-44/h5,7-8,10,18-23,34H,1-4,6,9,11-17,24H2,(H,48,59)(H,50,58,60)(H,46,47,49,51). The van der Waals surface area contributed by atoms with Gasteiger partial charge in [0.1, 0.15) is 23.2 Å². The van der Waals surface area contributed by atoms with Crippen molar-refractivity contribution >= 4 is 75.3 Å². The lowest BCUT2D eigenvalue weighted by Gasteiger charge is -2.42. The molecule has 18 heteroatoms. The first-order chi connectivity index (χ1) is 30.6. The fourth-order valence-electron chi connectivity index (χ4n) is 10.1. The molecule has 3 N–H and O–H groups in total. The van der Waals surface area contributed by atoms with E-state index >= 15 is 0 Å². The zero-order valence-electron chi connectivity index (χ0n) is 34.2. The Bertz CT molecular complexity index is 2840. The van der Waals surface area contributed by atoms with E-state index < -0.39 is 29.7 Å². The molecule has 63 heavy (non-hydrogen) atoms. The Hall–Kier alpha value is -7.37. The lowest BCUT2D eigenvalue weighted by Crippen LogP contribution is -2.54. The molecule has 5 aliphatic heterocycles. The molecule has 1 saturated carbocycles. The minimum atomic E-state index is -1.06. The highest BCUT2D eigenvalue weighted by Crippen LogP contribution is 2.41. The molecule has 1 unspecified atom stereocenters. The number of nitrogens with zero attached hydrogens (tertiary/aromatic N) is 9. The summed E-state index contributed by atoms with van der Waals surface area (Å²) in [6.45, 7) is 2.85. The van der Waals surface area contributed by atoms with Crippen LogP contribution < -0.4 is 20.9 Å². The van der Waals surface area contributed by atoms with Gasteiger partial charge in [-0.15, -0.1) is 0 Å². The van der Waals surface area contributed by atoms with Gasteiger partial charge >= 0.3 is 0 Å². The van der Waals surface area contributed by atoms with Crippen LogP contribution in [0.4, 0.5) is 28.8 Å². The van der Waals surface area contributed by atoms with E-state index in [2.05, 4.69) is 45.6 Å². The van der Waals surface area contributed by atoms with Gasteiger partial charge in [-0.3, -0.25) is 39.0 Å². The number of piperazine rings is 1. The van der Waals surface area contributed by atoms with E-state index in [1.54, 1.807) is 30.6 Å². The number of fused-ring (bicyclic) bond motifs is 7. The normalized spacial score (nSPS) is 20.4. The van der Waals surface area contributed by atoms with E-state index in [1.807, 2.05) is 29.2 Å². The number of aryl methyl sites for hydroxylation is 2. The van der Waals surface area contributed by atoms with Crippen molar-refractivity contribution in [3.63, 3.8) is 0 Å². The average molecular weight is 847 g/mol. The van der Waals surface area contributed by atoms with Gasteiger partial charge in [-0.2, -0.15) is 15.2 Å². The van der Waals surface area contributed by atoms with Gasteiger partial charge in [0.25, 0.3) is 23.6 Å². The van der Waals surface area contributed by atoms with Gasteiger partial charge in [-0.05, 0) is 85.7 Å². The number of carbonyl (C=O) groups excluding carboxylic acids is 6. The molecule has 3 aromatic heterocycles. The zero-order valence-corrected chi connectivity index (χ0v) is 34.2. The van der Waals surface area contributed by atoms with Crippen LogP contribution in [0.5, 0.6) is 0 Å². The Balaban J connectivity index is 0.739. The molecular formula is C45H42N12O6. The molecular weight excluding hydrogens is 805 g/mol. The van der Waals surface area contributed by atoms with Crippen molar-refractivity contribution < 1.29 is 28.8 Å².